The van der Waals surface area contributed by atoms with E-state index in [1.807, 2.05) is 6.07 Å². The maximum Gasteiger partial charge on any atom is 0.122 e. The SMILES string of the molecule is CN1CCN(Cc2occc2CN)CC1. The van der Waals surface area contributed by atoms with Gasteiger partial charge in [0.25, 0.3) is 0 Å². The standard InChI is InChI=1S/C11H19N3O/c1-13-3-5-14(6-4-13)9-11-10(8-12)2-7-15-11/h2,7H,3-6,8-9,12H2,1H3. The molecule has 1 aromatic heterocycles. The minimum atomic E-state index is 0.569. The number of hydrogen-bond donors (Lipinski definition) is 1. The lowest BCUT2D eigenvalue weighted by molar-refractivity contribution is 0.140. The van der Waals surface area contributed by atoms with Gasteiger partial charge in [-0.3, -0.25) is 4.90 Å². The average Bonchev–Trinajstić information content (AvgIpc) is 2.69. The molecule has 0 aliphatic carbocycles. The fraction of sp³-hybridized carbons (Fsp3) is 0.636. The van der Waals surface area contributed by atoms with E-state index in [0.29, 0.717) is 6.54 Å². The van der Waals surface area contributed by atoms with E-state index in [0.717, 1.165) is 44.0 Å². The first-order valence-corrected chi connectivity index (χ1v) is 5.46. The molecule has 1 aliphatic rings. The summed E-state index contributed by atoms with van der Waals surface area (Å²) in [7, 11) is 2.16. The second-order valence-corrected chi connectivity index (χ2v) is 4.15. The van der Waals surface area contributed by atoms with Gasteiger partial charge in [0.15, 0.2) is 0 Å². The molecule has 0 unspecified atom stereocenters. The van der Waals surface area contributed by atoms with Crippen molar-refractivity contribution in [2.24, 2.45) is 5.73 Å². The number of nitrogens with two attached hydrogens (primary N) is 1. The van der Waals surface area contributed by atoms with Gasteiger partial charge in [0, 0.05) is 38.3 Å². The zero-order valence-electron chi connectivity index (χ0n) is 9.28. The van der Waals surface area contributed by atoms with Crippen LogP contribution in [0.1, 0.15) is 11.3 Å². The van der Waals surface area contributed by atoms with Crippen molar-refractivity contribution in [2.45, 2.75) is 13.1 Å². The summed E-state index contributed by atoms with van der Waals surface area (Å²) < 4.78 is 5.45. The molecule has 4 heteroatoms. The van der Waals surface area contributed by atoms with Gasteiger partial charge in [-0.1, -0.05) is 0 Å². The van der Waals surface area contributed by atoms with Crippen LogP contribution in [0.25, 0.3) is 0 Å². The first kappa shape index (κ1) is 10.7. The molecule has 2 rings (SSSR count). The quantitative estimate of drug-likeness (QED) is 0.787. The monoisotopic (exact) mass is 209 g/mol. The van der Waals surface area contributed by atoms with Gasteiger partial charge in [0.2, 0.25) is 0 Å². The van der Waals surface area contributed by atoms with Crippen LogP contribution in [0.15, 0.2) is 16.7 Å². The second kappa shape index (κ2) is 4.79. The fourth-order valence-electron chi connectivity index (χ4n) is 1.90. The highest BCUT2D eigenvalue weighted by Crippen LogP contribution is 2.13. The summed E-state index contributed by atoms with van der Waals surface area (Å²) in [6.45, 7) is 5.96. The molecule has 1 saturated heterocycles. The molecule has 2 N–H and O–H groups in total. The van der Waals surface area contributed by atoms with Gasteiger partial charge in [-0.05, 0) is 13.1 Å². The minimum absolute atomic E-state index is 0.569. The number of likely N-dealkylation sites (N-methyl/N-ethyl adjacent to an activating group) is 1. The van der Waals surface area contributed by atoms with Gasteiger partial charge in [-0.15, -0.1) is 0 Å². The largest absolute Gasteiger partial charge is 0.468 e. The van der Waals surface area contributed by atoms with E-state index in [9.17, 15) is 0 Å². The van der Waals surface area contributed by atoms with Crippen molar-refractivity contribution in [3.63, 3.8) is 0 Å². The van der Waals surface area contributed by atoms with E-state index in [2.05, 4.69) is 16.8 Å². The lowest BCUT2D eigenvalue weighted by Gasteiger charge is -2.31. The number of piperazine rings is 1. The summed E-state index contributed by atoms with van der Waals surface area (Å²) in [6, 6.07) is 1.96. The number of nitrogens with zero attached hydrogens (tertiary/aromatic N) is 2. The lowest BCUT2D eigenvalue weighted by atomic mass is 10.2. The second-order valence-electron chi connectivity index (χ2n) is 4.15. The Hall–Kier alpha value is -0.840. The predicted molar refractivity (Wildman–Crippen MR) is 59.4 cm³/mol. The Morgan fingerprint density at radius 1 is 1.33 bits per heavy atom. The van der Waals surface area contributed by atoms with Crippen LogP contribution in [0.3, 0.4) is 0 Å². The summed E-state index contributed by atoms with van der Waals surface area (Å²) in [5, 5.41) is 0. The molecule has 1 aliphatic heterocycles. The van der Waals surface area contributed by atoms with Crippen LogP contribution in [0.5, 0.6) is 0 Å². The van der Waals surface area contributed by atoms with Gasteiger partial charge in [0.1, 0.15) is 5.76 Å². The molecule has 0 radical (unpaired) electrons. The summed E-state index contributed by atoms with van der Waals surface area (Å²) in [5.74, 6) is 1.03. The summed E-state index contributed by atoms with van der Waals surface area (Å²) in [4.78, 5) is 4.76. The maximum atomic E-state index is 5.64. The van der Waals surface area contributed by atoms with Gasteiger partial charge < -0.3 is 15.1 Å². The van der Waals surface area contributed by atoms with E-state index in [-0.39, 0.29) is 0 Å². The Balaban J connectivity index is 1.91. The maximum absolute atomic E-state index is 5.64. The average molecular weight is 209 g/mol. The fourth-order valence-corrected chi connectivity index (χ4v) is 1.90. The van der Waals surface area contributed by atoms with Crippen molar-refractivity contribution >= 4 is 0 Å². The highest BCUT2D eigenvalue weighted by atomic mass is 16.3. The highest BCUT2D eigenvalue weighted by molar-refractivity contribution is 5.16. The zero-order valence-corrected chi connectivity index (χ0v) is 9.28. The summed E-state index contributed by atoms with van der Waals surface area (Å²) in [6.07, 6.45) is 1.73. The van der Waals surface area contributed by atoms with Crippen LogP contribution in [0, 0.1) is 0 Å². The van der Waals surface area contributed by atoms with Crippen molar-refractivity contribution in [2.75, 3.05) is 33.2 Å². The third-order valence-electron chi connectivity index (χ3n) is 3.02. The van der Waals surface area contributed by atoms with Crippen LogP contribution in [0.2, 0.25) is 0 Å². The Kier molecular flexibility index (Phi) is 3.41. The summed E-state index contributed by atoms with van der Waals surface area (Å²) >= 11 is 0. The Bertz CT molecular complexity index is 303. The smallest absolute Gasteiger partial charge is 0.122 e. The third-order valence-corrected chi connectivity index (χ3v) is 3.02. The van der Waals surface area contributed by atoms with Gasteiger partial charge in [0.05, 0.1) is 12.8 Å². The summed E-state index contributed by atoms with van der Waals surface area (Å²) in [5.41, 5.74) is 6.77. The molecule has 0 aromatic carbocycles. The zero-order chi connectivity index (χ0) is 10.7. The molecule has 1 fully saturated rings. The molecule has 84 valence electrons. The Morgan fingerprint density at radius 3 is 2.73 bits per heavy atom. The molecule has 4 nitrogen and oxygen atoms in total. The van der Waals surface area contributed by atoms with Crippen molar-refractivity contribution < 1.29 is 4.42 Å². The molecule has 0 bridgehead atoms. The molecule has 0 atom stereocenters. The van der Waals surface area contributed by atoms with Gasteiger partial charge >= 0.3 is 0 Å². The molecule has 0 spiro atoms. The van der Waals surface area contributed by atoms with Crippen LogP contribution < -0.4 is 5.73 Å². The van der Waals surface area contributed by atoms with Crippen LogP contribution in [0.4, 0.5) is 0 Å². The molecular formula is C11H19N3O. The number of furan rings is 1. The molecule has 1 aromatic rings. The number of rotatable bonds is 3. The van der Waals surface area contributed by atoms with E-state index in [4.69, 9.17) is 10.2 Å². The van der Waals surface area contributed by atoms with Gasteiger partial charge in [-0.2, -0.15) is 0 Å². The minimum Gasteiger partial charge on any atom is -0.468 e. The molecule has 0 amide bonds. The van der Waals surface area contributed by atoms with E-state index >= 15 is 0 Å². The van der Waals surface area contributed by atoms with Crippen molar-refractivity contribution in [3.05, 3.63) is 23.7 Å². The van der Waals surface area contributed by atoms with Gasteiger partial charge in [-0.25, -0.2) is 0 Å². The van der Waals surface area contributed by atoms with Crippen LogP contribution in [-0.4, -0.2) is 43.0 Å². The topological polar surface area (TPSA) is 45.6 Å². The predicted octanol–water partition coefficient (Wildman–Crippen LogP) is 0.486. The lowest BCUT2D eigenvalue weighted by Crippen LogP contribution is -2.43. The molecular weight excluding hydrogens is 190 g/mol. The Morgan fingerprint density at radius 2 is 2.07 bits per heavy atom. The molecule has 15 heavy (non-hydrogen) atoms. The molecule has 2 heterocycles. The van der Waals surface area contributed by atoms with Crippen LogP contribution >= 0.6 is 0 Å². The van der Waals surface area contributed by atoms with E-state index in [1.54, 1.807) is 6.26 Å². The van der Waals surface area contributed by atoms with Crippen molar-refractivity contribution in [1.29, 1.82) is 0 Å². The van der Waals surface area contributed by atoms with E-state index < -0.39 is 0 Å². The highest BCUT2D eigenvalue weighted by Gasteiger charge is 2.16. The molecule has 0 saturated carbocycles. The van der Waals surface area contributed by atoms with Crippen LogP contribution in [-0.2, 0) is 13.1 Å². The number of hydrogen-bond acceptors (Lipinski definition) is 4. The van der Waals surface area contributed by atoms with Crippen molar-refractivity contribution in [1.82, 2.24) is 9.80 Å². The van der Waals surface area contributed by atoms with E-state index in [1.165, 1.54) is 0 Å². The third kappa shape index (κ3) is 2.59. The first-order chi connectivity index (χ1) is 7.29. The first-order valence-electron chi connectivity index (χ1n) is 5.46. The normalized spacial score (nSPS) is 19.6. The Labute approximate surface area is 90.6 Å². The van der Waals surface area contributed by atoms with Crippen molar-refractivity contribution in [3.8, 4) is 0 Å².